The van der Waals surface area contributed by atoms with Gasteiger partial charge in [-0.3, -0.25) is 0 Å². The third-order valence-electron chi connectivity index (χ3n) is 3.15. The molecular weight excluding hydrogens is 274 g/mol. The van der Waals surface area contributed by atoms with Gasteiger partial charge in [-0.1, -0.05) is 12.2 Å². The molecule has 0 aromatic heterocycles. The van der Waals surface area contributed by atoms with E-state index in [-0.39, 0.29) is 21.0 Å². The zero-order valence-corrected chi connectivity index (χ0v) is 11.6. The van der Waals surface area contributed by atoms with Crippen molar-refractivity contribution >= 4 is 34.7 Å². The molecule has 3 N–H and O–H groups in total. The summed E-state index contributed by atoms with van der Waals surface area (Å²) in [6, 6.07) is 2.32. The van der Waals surface area contributed by atoms with Crippen LogP contribution in [0, 0.1) is 11.6 Å². The van der Waals surface area contributed by atoms with Crippen molar-refractivity contribution in [2.45, 2.75) is 17.6 Å². The molecule has 1 aromatic carbocycles. The highest BCUT2D eigenvalue weighted by atomic mass is 32.2. The van der Waals surface area contributed by atoms with E-state index in [9.17, 15) is 8.78 Å². The number of nitrogens with one attached hydrogen (secondary N) is 1. The van der Waals surface area contributed by atoms with E-state index in [0.717, 1.165) is 25.0 Å². The van der Waals surface area contributed by atoms with Gasteiger partial charge in [0.25, 0.3) is 0 Å². The van der Waals surface area contributed by atoms with Crippen LogP contribution in [0.5, 0.6) is 0 Å². The summed E-state index contributed by atoms with van der Waals surface area (Å²) >= 11 is 6.43. The number of benzene rings is 1. The Balaban J connectivity index is 2.15. The molecule has 0 radical (unpaired) electrons. The van der Waals surface area contributed by atoms with Crippen molar-refractivity contribution in [1.29, 1.82) is 0 Å². The van der Waals surface area contributed by atoms with E-state index in [1.165, 1.54) is 0 Å². The lowest BCUT2D eigenvalue weighted by molar-refractivity contribution is 0.587. The molecule has 0 amide bonds. The van der Waals surface area contributed by atoms with E-state index in [2.05, 4.69) is 5.32 Å². The van der Waals surface area contributed by atoms with Crippen molar-refractivity contribution in [2.75, 3.05) is 18.1 Å². The molecule has 1 aromatic rings. The van der Waals surface area contributed by atoms with Gasteiger partial charge in [0.05, 0.1) is 0 Å². The molecule has 1 fully saturated rings. The minimum Gasteiger partial charge on any atom is -0.389 e. The number of anilines is 1. The molecule has 0 unspecified atom stereocenters. The fraction of sp³-hybridized carbons (Fsp3) is 0.417. The largest absolute Gasteiger partial charge is 0.389 e. The number of rotatable bonds is 5. The Kier molecular flexibility index (Phi) is 3.77. The summed E-state index contributed by atoms with van der Waals surface area (Å²) < 4.78 is 27.6. The number of thioether (sulfide) groups is 1. The fourth-order valence-electron chi connectivity index (χ4n) is 1.73. The lowest BCUT2D eigenvalue weighted by Gasteiger charge is -2.15. The first-order valence-corrected chi connectivity index (χ1v) is 7.19. The molecule has 0 aliphatic heterocycles. The molecule has 0 bridgehead atoms. The van der Waals surface area contributed by atoms with Gasteiger partial charge in [0.1, 0.15) is 22.3 Å². The van der Waals surface area contributed by atoms with Crippen molar-refractivity contribution in [2.24, 2.45) is 5.73 Å². The van der Waals surface area contributed by atoms with E-state index in [1.54, 1.807) is 11.8 Å². The van der Waals surface area contributed by atoms with Gasteiger partial charge in [-0.05, 0) is 31.2 Å². The van der Waals surface area contributed by atoms with Gasteiger partial charge < -0.3 is 11.1 Å². The van der Waals surface area contributed by atoms with Crippen LogP contribution in [-0.2, 0) is 0 Å². The second-order valence-corrected chi connectivity index (χ2v) is 6.13. The van der Waals surface area contributed by atoms with Crippen molar-refractivity contribution in [3.8, 4) is 0 Å². The average molecular weight is 288 g/mol. The topological polar surface area (TPSA) is 38.0 Å². The maximum Gasteiger partial charge on any atom is 0.150 e. The molecule has 6 heteroatoms. The van der Waals surface area contributed by atoms with Crippen LogP contribution in [0.2, 0.25) is 0 Å². The lowest BCUT2D eigenvalue weighted by Crippen LogP contribution is -2.19. The van der Waals surface area contributed by atoms with Gasteiger partial charge in [-0.25, -0.2) is 8.78 Å². The molecule has 0 heterocycles. The Hall–Kier alpha value is -0.880. The number of nitrogens with two attached hydrogens (primary N) is 1. The highest BCUT2D eigenvalue weighted by molar-refractivity contribution is 8.00. The molecule has 2 rings (SSSR count). The summed E-state index contributed by atoms with van der Waals surface area (Å²) in [5.74, 6) is -1.32. The molecule has 18 heavy (non-hydrogen) atoms. The van der Waals surface area contributed by atoms with E-state index < -0.39 is 11.6 Å². The van der Waals surface area contributed by atoms with Crippen LogP contribution < -0.4 is 11.1 Å². The quantitative estimate of drug-likeness (QED) is 0.817. The molecule has 0 spiro atoms. The molecule has 1 aliphatic rings. The molecule has 98 valence electrons. The number of halogens is 2. The first-order valence-electron chi connectivity index (χ1n) is 5.55. The van der Waals surface area contributed by atoms with Crippen LogP contribution in [0.3, 0.4) is 0 Å². The van der Waals surface area contributed by atoms with Gasteiger partial charge >= 0.3 is 0 Å². The Morgan fingerprint density at radius 1 is 1.44 bits per heavy atom. The first kappa shape index (κ1) is 13.5. The van der Waals surface area contributed by atoms with Crippen LogP contribution in [0.25, 0.3) is 0 Å². The molecule has 1 saturated carbocycles. The molecule has 1 aliphatic carbocycles. The van der Waals surface area contributed by atoms with Gasteiger partial charge in [0, 0.05) is 16.9 Å². The Morgan fingerprint density at radius 2 is 2.00 bits per heavy atom. The third-order valence-corrected chi connectivity index (χ3v) is 4.81. The van der Waals surface area contributed by atoms with Gasteiger partial charge in [-0.2, -0.15) is 11.8 Å². The maximum absolute atomic E-state index is 13.7. The predicted octanol–water partition coefficient (Wildman–Crippen LogP) is 2.91. The maximum atomic E-state index is 13.7. The van der Waals surface area contributed by atoms with Crippen LogP contribution in [0.1, 0.15) is 18.4 Å². The van der Waals surface area contributed by atoms with E-state index in [0.29, 0.717) is 6.54 Å². The SMILES string of the molecule is CSC1(CNc2c(F)cc(C(N)=S)cc2F)CC1. The second kappa shape index (κ2) is 5.01. The molecule has 2 nitrogen and oxygen atoms in total. The normalized spacial score (nSPS) is 16.4. The van der Waals surface area contributed by atoms with Crippen LogP contribution in [0.15, 0.2) is 12.1 Å². The second-order valence-electron chi connectivity index (χ2n) is 4.42. The summed E-state index contributed by atoms with van der Waals surface area (Å²) in [6.07, 6.45) is 4.17. The van der Waals surface area contributed by atoms with E-state index in [4.69, 9.17) is 18.0 Å². The minimum absolute atomic E-state index is 0.0119. The molecule has 0 atom stereocenters. The third kappa shape index (κ3) is 2.75. The van der Waals surface area contributed by atoms with Crippen LogP contribution in [0.4, 0.5) is 14.5 Å². The first-order chi connectivity index (χ1) is 8.47. The van der Waals surface area contributed by atoms with Crippen LogP contribution in [-0.4, -0.2) is 22.5 Å². The number of hydrogen-bond acceptors (Lipinski definition) is 3. The summed E-state index contributed by atoms with van der Waals surface area (Å²) in [5, 5.41) is 2.85. The monoisotopic (exact) mass is 288 g/mol. The van der Waals surface area contributed by atoms with Crippen molar-refractivity contribution in [1.82, 2.24) is 0 Å². The summed E-state index contributed by atoms with van der Waals surface area (Å²) in [7, 11) is 0. The van der Waals surface area contributed by atoms with E-state index >= 15 is 0 Å². The highest BCUT2D eigenvalue weighted by Gasteiger charge is 2.41. The van der Waals surface area contributed by atoms with Gasteiger partial charge in [-0.15, -0.1) is 0 Å². The minimum atomic E-state index is -0.658. The van der Waals surface area contributed by atoms with E-state index in [1.807, 2.05) is 6.26 Å². The number of thiocarbonyl (C=S) groups is 1. The van der Waals surface area contributed by atoms with Crippen molar-refractivity contribution < 1.29 is 8.78 Å². The van der Waals surface area contributed by atoms with Crippen molar-refractivity contribution in [3.05, 3.63) is 29.3 Å². The smallest absolute Gasteiger partial charge is 0.150 e. The zero-order valence-electron chi connectivity index (χ0n) is 9.93. The standard InChI is InChI=1S/C12H14F2N2S2/c1-18-12(2-3-12)6-16-10-8(13)4-7(11(15)17)5-9(10)14/h4-5,16H,2-3,6H2,1H3,(H2,15,17). The highest BCUT2D eigenvalue weighted by Crippen LogP contribution is 2.47. The summed E-state index contributed by atoms with van der Waals surface area (Å²) in [5.41, 5.74) is 5.45. The Labute approximate surface area is 114 Å². The molecular formula is C12H14F2N2S2. The molecule has 0 saturated heterocycles. The summed E-state index contributed by atoms with van der Waals surface area (Å²) in [4.78, 5) is -0.0119. The van der Waals surface area contributed by atoms with Crippen molar-refractivity contribution in [3.63, 3.8) is 0 Å². The Bertz CT molecular complexity index is 464. The van der Waals surface area contributed by atoms with Crippen LogP contribution >= 0.6 is 24.0 Å². The van der Waals surface area contributed by atoms with Gasteiger partial charge in [0.2, 0.25) is 0 Å². The number of hydrogen-bond donors (Lipinski definition) is 2. The fourth-order valence-corrected chi connectivity index (χ4v) is 2.57. The Morgan fingerprint density at radius 3 is 2.39 bits per heavy atom. The average Bonchev–Trinajstić information content (AvgIpc) is 3.08. The summed E-state index contributed by atoms with van der Waals surface area (Å²) in [6.45, 7) is 0.564. The zero-order chi connectivity index (χ0) is 13.3. The van der Waals surface area contributed by atoms with Gasteiger partial charge in [0.15, 0.2) is 0 Å². The predicted molar refractivity (Wildman–Crippen MR) is 76.2 cm³/mol. The lowest BCUT2D eigenvalue weighted by atomic mass is 10.2.